The molecule has 0 saturated heterocycles. The van der Waals surface area contributed by atoms with Gasteiger partial charge in [-0.15, -0.1) is 0 Å². The molecular weight excluding hydrogens is 422 g/mol. The molecule has 4 rings (SSSR count). The van der Waals surface area contributed by atoms with Crippen LogP contribution in [0.2, 0.25) is 0 Å². The monoisotopic (exact) mass is 449 g/mol. The highest BCUT2D eigenvalue weighted by atomic mass is 16.5. The van der Waals surface area contributed by atoms with Crippen LogP contribution in [0.4, 0.5) is 10.5 Å². The van der Waals surface area contributed by atoms with Gasteiger partial charge in [-0.25, -0.2) is 9.78 Å². The summed E-state index contributed by atoms with van der Waals surface area (Å²) in [5.74, 6) is 0.151. The molecule has 1 aromatic heterocycles. The van der Waals surface area contributed by atoms with Crippen molar-refractivity contribution in [2.45, 2.75) is 24.5 Å². The van der Waals surface area contributed by atoms with Gasteiger partial charge in [0.05, 0.1) is 24.6 Å². The molecule has 1 aliphatic carbocycles. The van der Waals surface area contributed by atoms with Gasteiger partial charge in [0, 0.05) is 12.5 Å². The highest BCUT2D eigenvalue weighted by Gasteiger charge is 2.29. The Morgan fingerprint density at radius 3 is 2.33 bits per heavy atom. The first kappa shape index (κ1) is 22.6. The number of fused-ring (bicyclic) bond motifs is 3. The van der Waals surface area contributed by atoms with Crippen molar-refractivity contribution in [1.82, 2.24) is 10.3 Å². The topological polar surface area (TPSA) is 127 Å². The second kappa shape index (κ2) is 9.89. The summed E-state index contributed by atoms with van der Waals surface area (Å²) in [6.45, 7) is 0.335. The van der Waals surface area contributed by atoms with Crippen LogP contribution in [0.25, 0.3) is 11.1 Å². The highest BCUT2D eigenvalue weighted by Crippen LogP contribution is 2.44. The first-order chi connectivity index (χ1) is 16.0. The van der Waals surface area contributed by atoms with E-state index in [1.165, 1.54) is 13.2 Å². The van der Waals surface area contributed by atoms with E-state index in [0.29, 0.717) is 5.69 Å². The number of anilines is 1. The summed E-state index contributed by atoms with van der Waals surface area (Å²) in [5, 5.41) is 23.3. The zero-order valence-electron chi connectivity index (χ0n) is 18.3. The molecule has 8 nitrogen and oxygen atoms in total. The van der Waals surface area contributed by atoms with E-state index >= 15 is 0 Å². The number of carbonyl (C=O) groups excluding carboxylic acids is 1. The third-order valence-electron chi connectivity index (χ3n) is 5.83. The Kier molecular flexibility index (Phi) is 6.76. The lowest BCUT2D eigenvalue weighted by molar-refractivity contribution is 0.0109. The predicted octanol–water partition coefficient (Wildman–Crippen LogP) is 3.00. The number of nitrogen functional groups attached to an aromatic ring is 1. The van der Waals surface area contributed by atoms with Crippen molar-refractivity contribution >= 4 is 11.8 Å². The lowest BCUT2D eigenvalue weighted by Gasteiger charge is -2.19. The molecule has 2 unspecified atom stereocenters. The minimum atomic E-state index is -1.25. The molecule has 1 aliphatic rings. The summed E-state index contributed by atoms with van der Waals surface area (Å²) in [6, 6.07) is 19.3. The largest absolute Gasteiger partial charge is 0.480 e. The quantitative estimate of drug-likeness (QED) is 0.416. The Morgan fingerprint density at radius 1 is 1.06 bits per heavy atom. The minimum absolute atomic E-state index is 0.0258. The number of amides is 1. The molecule has 33 heavy (non-hydrogen) atoms. The minimum Gasteiger partial charge on any atom is -0.480 e. The van der Waals surface area contributed by atoms with Gasteiger partial charge in [-0.1, -0.05) is 48.5 Å². The van der Waals surface area contributed by atoms with Crippen LogP contribution in [0.3, 0.4) is 0 Å². The lowest BCUT2D eigenvalue weighted by Crippen LogP contribution is -2.31. The average molecular weight is 450 g/mol. The van der Waals surface area contributed by atoms with Crippen LogP contribution in [0, 0.1) is 0 Å². The number of hydrogen-bond acceptors (Lipinski definition) is 7. The van der Waals surface area contributed by atoms with Crippen molar-refractivity contribution in [3.8, 4) is 17.0 Å². The Bertz CT molecular complexity index is 1090. The first-order valence-electron chi connectivity index (χ1n) is 10.7. The zero-order valence-corrected chi connectivity index (χ0v) is 18.3. The number of aliphatic hydroxyl groups excluding tert-OH is 2. The number of methoxy groups -OCH3 is 1. The van der Waals surface area contributed by atoms with E-state index in [-0.39, 0.29) is 37.1 Å². The SMILES string of the molecule is COc1nc(C(O)C(O)CCNC(=O)OCC2c3ccccc3-c3ccccc32)ccc1N. The van der Waals surface area contributed by atoms with Gasteiger partial charge in [-0.3, -0.25) is 0 Å². The molecule has 3 aromatic rings. The maximum absolute atomic E-state index is 12.2. The Hall–Kier alpha value is -3.62. The van der Waals surface area contributed by atoms with E-state index in [0.717, 1.165) is 22.3 Å². The number of nitrogens with two attached hydrogens (primary N) is 1. The Labute approximate surface area is 192 Å². The van der Waals surface area contributed by atoms with Gasteiger partial charge in [0.2, 0.25) is 5.88 Å². The van der Waals surface area contributed by atoms with Gasteiger partial charge in [0.15, 0.2) is 0 Å². The van der Waals surface area contributed by atoms with Gasteiger partial charge in [0.1, 0.15) is 12.7 Å². The second-order valence-corrected chi connectivity index (χ2v) is 7.89. The van der Waals surface area contributed by atoms with Crippen molar-refractivity contribution in [1.29, 1.82) is 0 Å². The van der Waals surface area contributed by atoms with Crippen LogP contribution in [-0.2, 0) is 4.74 Å². The van der Waals surface area contributed by atoms with Crippen molar-refractivity contribution < 1.29 is 24.5 Å². The fourth-order valence-corrected chi connectivity index (χ4v) is 4.12. The predicted molar refractivity (Wildman–Crippen MR) is 124 cm³/mol. The molecule has 0 aliphatic heterocycles. The van der Waals surface area contributed by atoms with Crippen LogP contribution < -0.4 is 15.8 Å². The van der Waals surface area contributed by atoms with Crippen LogP contribution >= 0.6 is 0 Å². The Morgan fingerprint density at radius 2 is 1.70 bits per heavy atom. The lowest BCUT2D eigenvalue weighted by atomic mass is 9.98. The molecule has 0 bridgehead atoms. The normalized spacial score (nSPS) is 14.2. The Balaban J connectivity index is 1.28. The maximum Gasteiger partial charge on any atom is 0.407 e. The first-order valence-corrected chi connectivity index (χ1v) is 10.7. The van der Waals surface area contributed by atoms with E-state index in [1.807, 2.05) is 24.3 Å². The molecule has 0 saturated carbocycles. The van der Waals surface area contributed by atoms with Gasteiger partial charge in [-0.2, -0.15) is 0 Å². The van der Waals surface area contributed by atoms with Gasteiger partial charge in [-0.05, 0) is 40.8 Å². The number of rotatable bonds is 8. The summed E-state index contributed by atoms with van der Waals surface area (Å²) < 4.78 is 10.5. The van der Waals surface area contributed by atoms with Crippen molar-refractivity contribution in [3.63, 3.8) is 0 Å². The number of hydrogen-bond donors (Lipinski definition) is 4. The highest BCUT2D eigenvalue weighted by molar-refractivity contribution is 5.79. The number of ether oxygens (including phenoxy) is 2. The summed E-state index contributed by atoms with van der Waals surface area (Å²) in [7, 11) is 1.42. The van der Waals surface area contributed by atoms with Gasteiger partial charge >= 0.3 is 6.09 Å². The molecule has 1 heterocycles. The summed E-state index contributed by atoms with van der Waals surface area (Å²) in [4.78, 5) is 16.3. The molecule has 8 heteroatoms. The second-order valence-electron chi connectivity index (χ2n) is 7.89. The fourth-order valence-electron chi connectivity index (χ4n) is 4.12. The molecule has 1 amide bonds. The van der Waals surface area contributed by atoms with Crippen molar-refractivity contribution in [2.24, 2.45) is 0 Å². The third kappa shape index (κ3) is 4.76. The fraction of sp³-hybridized carbons (Fsp3) is 0.280. The van der Waals surface area contributed by atoms with Crippen LogP contribution in [0.15, 0.2) is 60.7 Å². The number of aliphatic hydroxyl groups is 2. The number of nitrogens with one attached hydrogen (secondary N) is 1. The van der Waals surface area contributed by atoms with E-state index in [9.17, 15) is 15.0 Å². The molecule has 0 fully saturated rings. The number of carbonyl (C=O) groups is 1. The molecule has 0 radical (unpaired) electrons. The maximum atomic E-state index is 12.2. The molecule has 2 atom stereocenters. The van der Waals surface area contributed by atoms with E-state index in [2.05, 4.69) is 34.6 Å². The van der Waals surface area contributed by atoms with Crippen LogP contribution in [0.1, 0.15) is 35.3 Å². The van der Waals surface area contributed by atoms with Gasteiger partial charge in [0.25, 0.3) is 0 Å². The smallest absolute Gasteiger partial charge is 0.407 e. The number of nitrogens with zero attached hydrogens (tertiary/aromatic N) is 1. The molecule has 5 N–H and O–H groups in total. The zero-order chi connectivity index (χ0) is 23.4. The summed E-state index contributed by atoms with van der Waals surface area (Å²) in [6.07, 6.45) is -2.85. The van der Waals surface area contributed by atoms with E-state index in [1.54, 1.807) is 6.07 Å². The number of pyridine rings is 1. The van der Waals surface area contributed by atoms with Crippen molar-refractivity contribution in [3.05, 3.63) is 77.5 Å². The molecule has 2 aromatic carbocycles. The van der Waals surface area contributed by atoms with E-state index in [4.69, 9.17) is 15.2 Å². The standard InChI is InChI=1S/C25H27N3O5/c1-32-24-20(26)10-11-21(28-24)23(30)22(29)12-13-27-25(31)33-14-19-17-8-4-2-6-15(17)16-7-3-5-9-18(16)19/h2-11,19,22-23,29-30H,12-14,26H2,1H3,(H,27,31). The van der Waals surface area contributed by atoms with Gasteiger partial charge < -0.3 is 30.7 Å². The molecule has 172 valence electrons. The van der Waals surface area contributed by atoms with E-state index < -0.39 is 18.3 Å². The summed E-state index contributed by atoms with van der Waals surface area (Å²) in [5.41, 5.74) is 10.9. The number of aromatic nitrogens is 1. The summed E-state index contributed by atoms with van der Waals surface area (Å²) >= 11 is 0. The average Bonchev–Trinajstić information content (AvgIpc) is 3.16. The number of benzene rings is 2. The number of alkyl carbamates (subject to hydrolysis) is 1. The van der Waals surface area contributed by atoms with Crippen LogP contribution in [-0.4, -0.2) is 47.7 Å². The van der Waals surface area contributed by atoms with Crippen LogP contribution in [0.5, 0.6) is 5.88 Å². The molecular formula is C25H27N3O5. The molecule has 0 spiro atoms. The van der Waals surface area contributed by atoms with Crippen molar-refractivity contribution in [2.75, 3.05) is 26.0 Å². The third-order valence-corrected chi connectivity index (χ3v) is 5.83.